The van der Waals surface area contributed by atoms with Gasteiger partial charge < -0.3 is 15.5 Å². The van der Waals surface area contributed by atoms with Gasteiger partial charge in [0.15, 0.2) is 6.29 Å². The number of rotatable bonds is 2. The number of fused-ring (bicyclic) bond motifs is 1. The molecule has 0 saturated heterocycles. The maximum atomic E-state index is 6.74. The van der Waals surface area contributed by atoms with Crippen LogP contribution in [0.1, 0.15) is 22.9 Å². The Hall–Kier alpha value is -2.82. The Morgan fingerprint density at radius 1 is 0.692 bits per heavy atom. The van der Waals surface area contributed by atoms with E-state index < -0.39 is 6.29 Å². The van der Waals surface area contributed by atoms with Crippen molar-refractivity contribution in [3.8, 4) is 0 Å². The van der Waals surface area contributed by atoms with Gasteiger partial charge in [-0.1, -0.05) is 53.6 Å². The summed E-state index contributed by atoms with van der Waals surface area (Å²) in [5.41, 5.74) is 20.0. The summed E-state index contributed by atoms with van der Waals surface area (Å²) in [6.45, 7) is 4.16. The van der Waals surface area contributed by atoms with E-state index in [1.54, 1.807) is 0 Å². The molecule has 4 heteroatoms. The van der Waals surface area contributed by atoms with E-state index in [9.17, 15) is 0 Å². The van der Waals surface area contributed by atoms with Gasteiger partial charge in [0, 0.05) is 16.9 Å². The predicted octanol–water partition coefficient (Wildman–Crippen LogP) is 4.16. The summed E-state index contributed by atoms with van der Waals surface area (Å²) in [7, 11) is 0. The van der Waals surface area contributed by atoms with Crippen LogP contribution in [-0.2, 0) is 0 Å². The summed E-state index contributed by atoms with van der Waals surface area (Å²) in [6.07, 6.45) is -0.698. The Kier molecular flexibility index (Phi) is 4.15. The van der Waals surface area contributed by atoms with Crippen LogP contribution in [0.3, 0.4) is 0 Å². The van der Waals surface area contributed by atoms with Crippen LogP contribution in [0.5, 0.6) is 0 Å². The number of para-hydroxylation sites is 1. The molecular formula is C22H24N4. The molecule has 26 heavy (non-hydrogen) atoms. The van der Waals surface area contributed by atoms with Gasteiger partial charge in [0.1, 0.15) is 6.17 Å². The van der Waals surface area contributed by atoms with Crippen LogP contribution >= 0.6 is 0 Å². The Morgan fingerprint density at radius 2 is 1.23 bits per heavy atom. The first-order valence-corrected chi connectivity index (χ1v) is 8.87. The van der Waals surface area contributed by atoms with Crippen molar-refractivity contribution >= 4 is 17.1 Å². The van der Waals surface area contributed by atoms with Gasteiger partial charge in [0.2, 0.25) is 0 Å². The zero-order valence-corrected chi connectivity index (χ0v) is 15.1. The molecule has 0 saturated carbocycles. The van der Waals surface area contributed by atoms with Gasteiger partial charge in [0.25, 0.3) is 0 Å². The maximum Gasteiger partial charge on any atom is 0.161 e. The number of benzene rings is 3. The lowest BCUT2D eigenvalue weighted by Crippen LogP contribution is -2.59. The summed E-state index contributed by atoms with van der Waals surface area (Å²) in [6, 6.07) is 25.0. The van der Waals surface area contributed by atoms with Crippen LogP contribution in [-0.4, -0.2) is 6.29 Å². The quantitative estimate of drug-likeness (QED) is 0.733. The molecule has 4 rings (SSSR count). The first-order chi connectivity index (χ1) is 12.6. The molecule has 0 radical (unpaired) electrons. The third-order valence-corrected chi connectivity index (χ3v) is 5.01. The van der Waals surface area contributed by atoms with Gasteiger partial charge in [-0.25, -0.2) is 0 Å². The first-order valence-electron chi connectivity index (χ1n) is 8.87. The molecule has 1 aliphatic heterocycles. The van der Waals surface area contributed by atoms with E-state index >= 15 is 0 Å². The van der Waals surface area contributed by atoms with Crippen LogP contribution in [0.15, 0.2) is 72.8 Å². The van der Waals surface area contributed by atoms with Crippen LogP contribution in [0.2, 0.25) is 0 Å². The van der Waals surface area contributed by atoms with Crippen molar-refractivity contribution in [2.75, 3.05) is 9.80 Å². The molecular weight excluding hydrogens is 320 g/mol. The highest BCUT2D eigenvalue weighted by Gasteiger charge is 2.36. The van der Waals surface area contributed by atoms with E-state index in [2.05, 4.69) is 84.3 Å². The van der Waals surface area contributed by atoms with Gasteiger partial charge in [-0.2, -0.15) is 0 Å². The average Bonchev–Trinajstić information content (AvgIpc) is 2.65. The van der Waals surface area contributed by atoms with Gasteiger partial charge in [0.05, 0.1) is 5.69 Å². The van der Waals surface area contributed by atoms with E-state index in [4.69, 9.17) is 11.5 Å². The minimum absolute atomic E-state index is 0.300. The molecule has 3 aromatic rings. The summed E-state index contributed by atoms with van der Waals surface area (Å²) < 4.78 is 0. The molecule has 1 heterocycles. The highest BCUT2D eigenvalue weighted by atomic mass is 15.5. The number of nitrogens with two attached hydrogens (primary N) is 2. The molecule has 3 aromatic carbocycles. The average molecular weight is 344 g/mol. The molecule has 0 spiro atoms. The normalized spacial score (nSPS) is 19.4. The molecule has 0 aromatic heterocycles. The minimum Gasteiger partial charge on any atom is -0.319 e. The number of hydrogen-bond acceptors (Lipinski definition) is 4. The second-order valence-corrected chi connectivity index (χ2v) is 6.87. The Morgan fingerprint density at radius 3 is 1.85 bits per heavy atom. The Labute approximate surface area is 154 Å². The zero-order valence-electron chi connectivity index (χ0n) is 15.1. The number of aryl methyl sites for hydroxylation is 2. The van der Waals surface area contributed by atoms with Gasteiger partial charge in [-0.05, 0) is 44.2 Å². The Bertz CT molecular complexity index is 902. The van der Waals surface area contributed by atoms with Crippen LogP contribution in [0.25, 0.3) is 0 Å². The second-order valence-electron chi connectivity index (χ2n) is 6.87. The topological polar surface area (TPSA) is 58.5 Å². The summed E-state index contributed by atoms with van der Waals surface area (Å²) in [5.74, 6) is 0. The summed E-state index contributed by atoms with van der Waals surface area (Å²) in [4.78, 5) is 4.22. The highest BCUT2D eigenvalue weighted by molar-refractivity contribution is 5.73. The number of nitrogens with zero attached hydrogens (tertiary/aromatic N) is 2. The largest absolute Gasteiger partial charge is 0.319 e. The van der Waals surface area contributed by atoms with E-state index in [0.29, 0.717) is 0 Å². The van der Waals surface area contributed by atoms with Crippen LogP contribution < -0.4 is 21.3 Å². The standard InChI is InChI=1S/C22H24N4/c1-15-7-11-17(12-8-15)25-20-6-4-3-5-19(20)21(23)26(22(25)24)18-13-9-16(2)10-14-18/h3-14,21-22H,23-24H2,1-2H3. The van der Waals surface area contributed by atoms with E-state index in [1.807, 2.05) is 12.1 Å². The predicted molar refractivity (Wildman–Crippen MR) is 108 cm³/mol. The van der Waals surface area contributed by atoms with Crippen LogP contribution in [0, 0.1) is 13.8 Å². The third kappa shape index (κ3) is 2.73. The molecule has 4 N–H and O–H groups in total. The second kappa shape index (κ2) is 6.48. The number of anilines is 3. The SMILES string of the molecule is Cc1ccc(N2c3ccccc3C(N)N(c3ccc(C)cc3)C2N)cc1. The lowest BCUT2D eigenvalue weighted by atomic mass is 10.0. The lowest BCUT2D eigenvalue weighted by molar-refractivity contribution is 0.512. The first kappa shape index (κ1) is 16.6. The monoisotopic (exact) mass is 344 g/mol. The third-order valence-electron chi connectivity index (χ3n) is 5.01. The lowest BCUT2D eigenvalue weighted by Gasteiger charge is -2.48. The van der Waals surface area contributed by atoms with Gasteiger partial charge >= 0.3 is 0 Å². The van der Waals surface area contributed by atoms with Crippen molar-refractivity contribution in [2.45, 2.75) is 26.3 Å². The zero-order chi connectivity index (χ0) is 18.3. The molecule has 2 atom stereocenters. The molecule has 0 bridgehead atoms. The van der Waals surface area contributed by atoms with Crippen molar-refractivity contribution in [3.63, 3.8) is 0 Å². The highest BCUT2D eigenvalue weighted by Crippen LogP contribution is 2.41. The molecule has 0 fully saturated rings. The van der Waals surface area contributed by atoms with E-state index in [1.165, 1.54) is 11.1 Å². The van der Waals surface area contributed by atoms with E-state index in [-0.39, 0.29) is 6.17 Å². The molecule has 4 nitrogen and oxygen atoms in total. The molecule has 0 aliphatic carbocycles. The minimum atomic E-state index is -0.398. The van der Waals surface area contributed by atoms with Crippen LogP contribution in [0.4, 0.5) is 17.1 Å². The maximum absolute atomic E-state index is 6.74. The van der Waals surface area contributed by atoms with Crippen molar-refractivity contribution in [1.82, 2.24) is 0 Å². The number of hydrogen-bond donors (Lipinski definition) is 2. The molecule has 0 amide bonds. The summed E-state index contributed by atoms with van der Waals surface area (Å²) >= 11 is 0. The van der Waals surface area contributed by atoms with Crippen molar-refractivity contribution < 1.29 is 0 Å². The fourth-order valence-corrected chi connectivity index (χ4v) is 3.57. The fourth-order valence-electron chi connectivity index (χ4n) is 3.57. The van der Waals surface area contributed by atoms with Gasteiger partial charge in [-0.3, -0.25) is 5.73 Å². The Balaban J connectivity index is 1.86. The van der Waals surface area contributed by atoms with Crippen molar-refractivity contribution in [1.29, 1.82) is 0 Å². The smallest absolute Gasteiger partial charge is 0.161 e. The molecule has 132 valence electrons. The molecule has 2 unspecified atom stereocenters. The van der Waals surface area contributed by atoms with Crippen molar-refractivity contribution in [2.24, 2.45) is 11.5 Å². The van der Waals surface area contributed by atoms with Crippen molar-refractivity contribution in [3.05, 3.63) is 89.5 Å². The summed E-state index contributed by atoms with van der Waals surface area (Å²) in [5, 5.41) is 0. The van der Waals surface area contributed by atoms with Gasteiger partial charge in [-0.15, -0.1) is 0 Å². The molecule has 1 aliphatic rings. The fraction of sp³-hybridized carbons (Fsp3) is 0.182. The van der Waals surface area contributed by atoms with E-state index in [0.717, 1.165) is 22.6 Å².